The molecule has 0 unspecified atom stereocenters. The highest BCUT2D eigenvalue weighted by molar-refractivity contribution is 5.93. The number of ether oxygens (including phenoxy) is 1. The van der Waals surface area contributed by atoms with Crippen LogP contribution in [0.2, 0.25) is 0 Å². The van der Waals surface area contributed by atoms with Crippen LogP contribution in [0.25, 0.3) is 0 Å². The van der Waals surface area contributed by atoms with Crippen LogP contribution < -0.4 is 5.73 Å². The van der Waals surface area contributed by atoms with E-state index >= 15 is 0 Å². The van der Waals surface area contributed by atoms with Crippen molar-refractivity contribution in [2.45, 2.75) is 31.9 Å². The third-order valence-corrected chi connectivity index (χ3v) is 3.78. The second kappa shape index (κ2) is 5.85. The third-order valence-electron chi connectivity index (χ3n) is 3.78. The van der Waals surface area contributed by atoms with E-state index in [2.05, 4.69) is 0 Å². The minimum Gasteiger partial charge on any atom is -0.397 e. The molecule has 1 fully saturated rings. The van der Waals surface area contributed by atoms with Gasteiger partial charge >= 0.3 is 0 Å². The maximum absolute atomic E-state index is 12.5. The normalized spacial score (nSPS) is 17.9. The Kier molecular flexibility index (Phi) is 4.35. The van der Waals surface area contributed by atoms with Crippen molar-refractivity contribution in [3.63, 3.8) is 0 Å². The number of anilines is 1. The first-order valence-corrected chi connectivity index (χ1v) is 6.96. The Morgan fingerprint density at radius 1 is 1.55 bits per heavy atom. The van der Waals surface area contributed by atoms with Gasteiger partial charge in [-0.3, -0.25) is 4.79 Å². The molecule has 0 saturated carbocycles. The molecule has 0 aliphatic carbocycles. The number of likely N-dealkylation sites (N-methyl/N-ethyl adjacent to an activating group) is 1. The van der Waals surface area contributed by atoms with E-state index in [1.165, 1.54) is 0 Å². The zero-order valence-electron chi connectivity index (χ0n) is 12.1. The van der Waals surface area contributed by atoms with E-state index in [-0.39, 0.29) is 5.91 Å². The first-order chi connectivity index (χ1) is 9.45. The summed E-state index contributed by atoms with van der Waals surface area (Å²) in [4.78, 5) is 14.0. The van der Waals surface area contributed by atoms with Crippen LogP contribution >= 0.6 is 0 Å². The fraction of sp³-hybridized carbons (Fsp3) is 0.643. The number of aliphatic hydroxyl groups is 1. The number of aromatic nitrogens is 1. The Hall–Kier alpha value is -1.53. The van der Waals surface area contributed by atoms with Gasteiger partial charge in [0.2, 0.25) is 0 Å². The van der Waals surface area contributed by atoms with Crippen molar-refractivity contribution in [2.24, 2.45) is 0 Å². The molecule has 0 aromatic carbocycles. The lowest BCUT2D eigenvalue weighted by Crippen LogP contribution is -2.47. The number of hydrogen-bond donors (Lipinski definition) is 2. The first kappa shape index (κ1) is 14.9. The summed E-state index contributed by atoms with van der Waals surface area (Å²) in [6.07, 6.45) is 2.87. The molecule has 1 saturated heterocycles. The molecule has 2 rings (SSSR count). The van der Waals surface area contributed by atoms with Gasteiger partial charge in [0, 0.05) is 52.4 Å². The van der Waals surface area contributed by atoms with Crippen LogP contribution in [-0.4, -0.2) is 52.9 Å². The summed E-state index contributed by atoms with van der Waals surface area (Å²) in [7, 11) is 1.71. The molecule has 2 heterocycles. The molecular weight excluding hydrogens is 258 g/mol. The number of amides is 1. The number of hydrogen-bond acceptors (Lipinski definition) is 4. The second-order valence-corrected chi connectivity index (χ2v) is 5.44. The zero-order chi connectivity index (χ0) is 14.8. The van der Waals surface area contributed by atoms with Gasteiger partial charge in [-0.05, 0) is 13.0 Å². The van der Waals surface area contributed by atoms with Crippen molar-refractivity contribution in [3.05, 3.63) is 18.0 Å². The highest BCUT2D eigenvalue weighted by atomic mass is 16.5. The van der Waals surface area contributed by atoms with Crippen LogP contribution in [-0.2, 0) is 11.3 Å². The van der Waals surface area contributed by atoms with E-state index in [1.54, 1.807) is 24.2 Å². The van der Waals surface area contributed by atoms with Crippen LogP contribution in [0.15, 0.2) is 12.3 Å². The summed E-state index contributed by atoms with van der Waals surface area (Å²) in [6, 6.07) is 1.68. The number of aryl methyl sites for hydroxylation is 1. The van der Waals surface area contributed by atoms with E-state index in [0.717, 1.165) is 0 Å². The fourth-order valence-electron chi connectivity index (χ4n) is 2.59. The summed E-state index contributed by atoms with van der Waals surface area (Å²) in [6.45, 7) is 4.03. The Morgan fingerprint density at radius 2 is 2.20 bits per heavy atom. The maximum Gasteiger partial charge on any atom is 0.270 e. The molecule has 1 aliphatic heterocycles. The van der Waals surface area contributed by atoms with E-state index in [4.69, 9.17) is 10.5 Å². The molecule has 1 amide bonds. The highest BCUT2D eigenvalue weighted by Gasteiger charge is 2.33. The predicted molar refractivity (Wildman–Crippen MR) is 76.5 cm³/mol. The maximum atomic E-state index is 12.5. The average molecular weight is 281 g/mol. The number of nitrogen functional groups attached to an aromatic ring is 1. The number of carbonyl (C=O) groups is 1. The van der Waals surface area contributed by atoms with Gasteiger partial charge in [0.1, 0.15) is 5.69 Å². The minimum absolute atomic E-state index is 0.122. The summed E-state index contributed by atoms with van der Waals surface area (Å²) >= 11 is 0. The van der Waals surface area contributed by atoms with Crippen LogP contribution in [0.1, 0.15) is 30.3 Å². The topological polar surface area (TPSA) is 80.7 Å². The second-order valence-electron chi connectivity index (χ2n) is 5.44. The molecule has 6 nitrogen and oxygen atoms in total. The SMILES string of the molecule is CCn1cc(N)cc1C(=O)N(C)CC1(O)CCOCC1. The van der Waals surface area contributed by atoms with E-state index in [9.17, 15) is 9.90 Å². The smallest absolute Gasteiger partial charge is 0.270 e. The molecule has 0 radical (unpaired) electrons. The lowest BCUT2D eigenvalue weighted by atomic mass is 9.94. The van der Waals surface area contributed by atoms with Gasteiger partial charge in [0.25, 0.3) is 5.91 Å². The van der Waals surface area contributed by atoms with Crippen molar-refractivity contribution in [1.29, 1.82) is 0 Å². The molecule has 3 N–H and O–H groups in total. The van der Waals surface area contributed by atoms with Crippen molar-refractivity contribution in [2.75, 3.05) is 32.5 Å². The van der Waals surface area contributed by atoms with Gasteiger partial charge in [0.15, 0.2) is 0 Å². The van der Waals surface area contributed by atoms with Crippen LogP contribution in [0, 0.1) is 0 Å². The first-order valence-electron chi connectivity index (χ1n) is 6.96. The Balaban J connectivity index is 2.08. The van der Waals surface area contributed by atoms with Crippen LogP contribution in [0.4, 0.5) is 5.69 Å². The Bertz CT molecular complexity index is 478. The Morgan fingerprint density at radius 3 is 2.80 bits per heavy atom. The van der Waals surface area contributed by atoms with Crippen LogP contribution in [0.3, 0.4) is 0 Å². The molecular formula is C14H23N3O3. The highest BCUT2D eigenvalue weighted by Crippen LogP contribution is 2.22. The molecule has 0 spiro atoms. The van der Waals surface area contributed by atoms with Gasteiger partial charge < -0.3 is 25.0 Å². The summed E-state index contributed by atoms with van der Waals surface area (Å²) < 4.78 is 7.07. The molecule has 112 valence electrons. The lowest BCUT2D eigenvalue weighted by molar-refractivity contribution is -0.0735. The molecule has 6 heteroatoms. The van der Waals surface area contributed by atoms with Gasteiger partial charge in [-0.25, -0.2) is 0 Å². The summed E-state index contributed by atoms with van der Waals surface area (Å²) in [5, 5.41) is 10.5. The number of nitrogens with two attached hydrogens (primary N) is 1. The number of nitrogens with zero attached hydrogens (tertiary/aromatic N) is 2. The Labute approximate surface area is 119 Å². The molecule has 0 atom stereocenters. The van der Waals surface area contributed by atoms with E-state index < -0.39 is 5.60 Å². The molecule has 20 heavy (non-hydrogen) atoms. The van der Waals surface area contributed by atoms with Crippen molar-refractivity contribution >= 4 is 11.6 Å². The quantitative estimate of drug-likeness (QED) is 0.851. The van der Waals surface area contributed by atoms with Gasteiger partial charge in [0.05, 0.1) is 11.3 Å². The molecule has 1 aliphatic rings. The summed E-state index contributed by atoms with van der Waals surface area (Å²) in [5.74, 6) is -0.122. The number of carbonyl (C=O) groups excluding carboxylic acids is 1. The molecule has 1 aromatic rings. The minimum atomic E-state index is -0.849. The van der Waals surface area contributed by atoms with Gasteiger partial charge in [-0.1, -0.05) is 0 Å². The van der Waals surface area contributed by atoms with Crippen LogP contribution in [0.5, 0.6) is 0 Å². The van der Waals surface area contributed by atoms with Crippen molar-refractivity contribution in [1.82, 2.24) is 9.47 Å². The standard InChI is InChI=1S/C14H23N3O3/c1-3-17-9-11(15)8-12(17)13(18)16(2)10-14(19)4-6-20-7-5-14/h8-9,19H,3-7,10,15H2,1-2H3. The molecule has 0 bridgehead atoms. The monoisotopic (exact) mass is 281 g/mol. The predicted octanol–water partition coefficient (Wildman–Crippen LogP) is 0.704. The fourth-order valence-corrected chi connectivity index (χ4v) is 2.59. The largest absolute Gasteiger partial charge is 0.397 e. The lowest BCUT2D eigenvalue weighted by Gasteiger charge is -2.35. The number of rotatable bonds is 4. The van der Waals surface area contributed by atoms with Gasteiger partial charge in [-0.15, -0.1) is 0 Å². The average Bonchev–Trinajstić information content (AvgIpc) is 2.79. The van der Waals surface area contributed by atoms with Crippen molar-refractivity contribution in [3.8, 4) is 0 Å². The third kappa shape index (κ3) is 3.13. The van der Waals surface area contributed by atoms with E-state index in [1.807, 2.05) is 11.5 Å². The van der Waals surface area contributed by atoms with Crippen molar-refractivity contribution < 1.29 is 14.6 Å². The van der Waals surface area contributed by atoms with E-state index in [0.29, 0.717) is 50.5 Å². The zero-order valence-corrected chi connectivity index (χ0v) is 12.1. The molecule has 1 aromatic heterocycles. The summed E-state index contributed by atoms with van der Waals surface area (Å²) in [5.41, 5.74) is 6.03. The van der Waals surface area contributed by atoms with Gasteiger partial charge in [-0.2, -0.15) is 0 Å².